The Morgan fingerprint density at radius 3 is 2.78 bits per heavy atom. The first-order valence-electron chi connectivity index (χ1n) is 9.71. The number of carbonyl (C=O) groups is 2. The first-order chi connectivity index (χ1) is 13.0. The maximum Gasteiger partial charge on any atom is 0.255 e. The van der Waals surface area contributed by atoms with E-state index in [1.54, 1.807) is 0 Å². The lowest BCUT2D eigenvalue weighted by Crippen LogP contribution is -2.66. The van der Waals surface area contributed by atoms with E-state index in [0.29, 0.717) is 47.8 Å². The fraction of sp³-hybridized carbons (Fsp3) is 0.600. The third kappa shape index (κ3) is 2.94. The number of ether oxygens (including phenoxy) is 1. The summed E-state index contributed by atoms with van der Waals surface area (Å²) in [5.74, 6) is 0.312. The molecule has 0 aliphatic carbocycles. The minimum absolute atomic E-state index is 0.000569. The van der Waals surface area contributed by atoms with Gasteiger partial charge in [0, 0.05) is 45.2 Å². The van der Waals surface area contributed by atoms with Crippen LogP contribution >= 0.6 is 11.6 Å². The van der Waals surface area contributed by atoms with Crippen LogP contribution in [0.2, 0.25) is 5.02 Å². The first-order valence-corrected chi connectivity index (χ1v) is 10.1. The van der Waals surface area contributed by atoms with Crippen LogP contribution in [0.5, 0.6) is 0 Å². The first kappa shape index (κ1) is 17.5. The topological polar surface area (TPSA) is 53.1 Å². The molecule has 1 unspecified atom stereocenters. The molecule has 1 aromatic carbocycles. The minimum atomic E-state index is 0.000569. The number of anilines is 1. The Kier molecular flexibility index (Phi) is 4.18. The molecule has 0 bridgehead atoms. The van der Waals surface area contributed by atoms with E-state index in [0.717, 1.165) is 45.0 Å². The number of piperazine rings is 1. The van der Waals surface area contributed by atoms with Crippen molar-refractivity contribution in [3.8, 4) is 0 Å². The van der Waals surface area contributed by atoms with Gasteiger partial charge in [0.2, 0.25) is 0 Å². The van der Waals surface area contributed by atoms with Crippen molar-refractivity contribution in [3.05, 3.63) is 28.8 Å². The number of amides is 1. The van der Waals surface area contributed by atoms with E-state index in [2.05, 4.69) is 9.80 Å². The van der Waals surface area contributed by atoms with Gasteiger partial charge in [-0.15, -0.1) is 0 Å². The van der Waals surface area contributed by atoms with Crippen molar-refractivity contribution in [1.29, 1.82) is 0 Å². The number of hydrogen-bond acceptors (Lipinski definition) is 5. The van der Waals surface area contributed by atoms with Gasteiger partial charge in [-0.05, 0) is 18.6 Å². The van der Waals surface area contributed by atoms with Crippen LogP contribution in [0, 0.1) is 5.41 Å². The average molecular weight is 390 g/mol. The van der Waals surface area contributed by atoms with E-state index < -0.39 is 0 Å². The molecule has 7 heteroatoms. The molecular formula is C20H24ClN3O3. The summed E-state index contributed by atoms with van der Waals surface area (Å²) in [5, 5.41) is 0.554. The summed E-state index contributed by atoms with van der Waals surface area (Å²) in [6.07, 6.45) is 1.47. The Morgan fingerprint density at radius 2 is 2.04 bits per heavy atom. The summed E-state index contributed by atoms with van der Waals surface area (Å²) < 4.78 is 5.34. The van der Waals surface area contributed by atoms with Gasteiger partial charge in [-0.2, -0.15) is 0 Å². The third-order valence-electron chi connectivity index (χ3n) is 6.45. The molecule has 0 aromatic heterocycles. The number of piperidine rings is 1. The molecule has 4 fully saturated rings. The molecule has 1 aromatic rings. The van der Waals surface area contributed by atoms with E-state index in [1.807, 2.05) is 23.1 Å². The van der Waals surface area contributed by atoms with E-state index in [9.17, 15) is 9.59 Å². The number of hydrogen-bond donors (Lipinski definition) is 0. The van der Waals surface area contributed by atoms with Crippen LogP contribution in [0.15, 0.2) is 18.2 Å². The molecule has 1 atom stereocenters. The number of fused-ring (bicyclic) bond motifs is 1. The van der Waals surface area contributed by atoms with Crippen molar-refractivity contribution in [2.24, 2.45) is 5.41 Å². The monoisotopic (exact) mass is 389 g/mol. The second-order valence-electron chi connectivity index (χ2n) is 8.44. The number of benzene rings is 1. The van der Waals surface area contributed by atoms with Crippen LogP contribution in [0.1, 0.15) is 23.2 Å². The van der Waals surface area contributed by atoms with Gasteiger partial charge in [0.15, 0.2) is 0 Å². The summed E-state index contributed by atoms with van der Waals surface area (Å²) in [6, 6.07) is 6.03. The maximum absolute atomic E-state index is 13.2. The van der Waals surface area contributed by atoms with E-state index in [1.165, 1.54) is 0 Å². The zero-order valence-corrected chi connectivity index (χ0v) is 16.1. The zero-order valence-electron chi connectivity index (χ0n) is 15.3. The standard InChI is InChI=1S/C20H24ClN3O3/c21-18-16(2-1-3-17(18)24-10-20(11-24)12-27-13-20)19(26)23-7-6-22-9-15(25)5-4-14(22)8-23/h1-3,14H,4-13H2. The Labute approximate surface area is 164 Å². The summed E-state index contributed by atoms with van der Waals surface area (Å²) in [6.45, 7) is 6.15. The molecule has 0 N–H and O–H groups in total. The van der Waals surface area contributed by atoms with Gasteiger partial charge in [-0.3, -0.25) is 14.5 Å². The zero-order chi connectivity index (χ0) is 18.6. The van der Waals surface area contributed by atoms with E-state index >= 15 is 0 Å². The molecule has 144 valence electrons. The lowest BCUT2D eigenvalue weighted by atomic mass is 9.77. The smallest absolute Gasteiger partial charge is 0.255 e. The quantitative estimate of drug-likeness (QED) is 0.770. The van der Waals surface area contributed by atoms with Crippen LogP contribution in [-0.4, -0.2) is 80.0 Å². The highest BCUT2D eigenvalue weighted by atomic mass is 35.5. The highest BCUT2D eigenvalue weighted by molar-refractivity contribution is 6.36. The van der Waals surface area contributed by atoms with Gasteiger partial charge >= 0.3 is 0 Å². The molecule has 4 saturated heterocycles. The molecule has 4 aliphatic heterocycles. The number of Topliss-reactive ketones (excluding diaryl/α,β-unsaturated/α-hetero) is 1. The van der Waals surface area contributed by atoms with Gasteiger partial charge < -0.3 is 14.5 Å². The lowest BCUT2D eigenvalue weighted by Gasteiger charge is -2.56. The minimum Gasteiger partial charge on any atom is -0.380 e. The second-order valence-corrected chi connectivity index (χ2v) is 8.82. The molecular weight excluding hydrogens is 366 g/mol. The van der Waals surface area contributed by atoms with Crippen LogP contribution in [0.3, 0.4) is 0 Å². The van der Waals surface area contributed by atoms with Gasteiger partial charge in [0.1, 0.15) is 5.78 Å². The van der Waals surface area contributed by atoms with Crippen LogP contribution < -0.4 is 4.90 Å². The molecule has 5 rings (SSSR count). The van der Waals surface area contributed by atoms with Gasteiger partial charge in [-0.25, -0.2) is 0 Å². The molecule has 1 spiro atoms. The highest BCUT2D eigenvalue weighted by Crippen LogP contribution is 2.43. The number of ketones is 1. The van der Waals surface area contributed by atoms with Crippen molar-refractivity contribution in [2.45, 2.75) is 18.9 Å². The van der Waals surface area contributed by atoms with Crippen LogP contribution in [0.25, 0.3) is 0 Å². The number of halogens is 1. The molecule has 1 amide bonds. The molecule has 4 heterocycles. The molecule has 0 radical (unpaired) electrons. The highest BCUT2D eigenvalue weighted by Gasteiger charge is 2.49. The molecule has 6 nitrogen and oxygen atoms in total. The molecule has 27 heavy (non-hydrogen) atoms. The van der Waals surface area contributed by atoms with Gasteiger partial charge in [0.05, 0.1) is 41.4 Å². The Bertz CT molecular complexity index is 787. The fourth-order valence-electron chi connectivity index (χ4n) is 4.80. The number of rotatable bonds is 2. The molecule has 4 aliphatic rings. The number of nitrogens with zero attached hydrogens (tertiary/aromatic N) is 3. The summed E-state index contributed by atoms with van der Waals surface area (Å²) in [5.41, 5.74) is 1.83. The van der Waals surface area contributed by atoms with E-state index in [4.69, 9.17) is 16.3 Å². The number of carbonyl (C=O) groups excluding carboxylic acids is 2. The van der Waals surface area contributed by atoms with Gasteiger partial charge in [-0.1, -0.05) is 17.7 Å². The summed E-state index contributed by atoms with van der Waals surface area (Å²) >= 11 is 6.67. The van der Waals surface area contributed by atoms with Crippen molar-refractivity contribution >= 4 is 29.0 Å². The Hall–Kier alpha value is -1.63. The lowest BCUT2D eigenvalue weighted by molar-refractivity contribution is -0.127. The van der Waals surface area contributed by atoms with Crippen molar-refractivity contribution in [3.63, 3.8) is 0 Å². The summed E-state index contributed by atoms with van der Waals surface area (Å²) in [4.78, 5) is 31.2. The predicted molar refractivity (Wildman–Crippen MR) is 102 cm³/mol. The van der Waals surface area contributed by atoms with Crippen molar-refractivity contribution < 1.29 is 14.3 Å². The van der Waals surface area contributed by atoms with Crippen LogP contribution in [0.4, 0.5) is 5.69 Å². The van der Waals surface area contributed by atoms with Crippen molar-refractivity contribution in [1.82, 2.24) is 9.80 Å². The summed E-state index contributed by atoms with van der Waals surface area (Å²) in [7, 11) is 0. The Balaban J connectivity index is 1.30. The Morgan fingerprint density at radius 1 is 1.22 bits per heavy atom. The second kappa shape index (κ2) is 6.47. The average Bonchev–Trinajstić information content (AvgIpc) is 2.59. The predicted octanol–water partition coefficient (Wildman–Crippen LogP) is 1.67. The van der Waals surface area contributed by atoms with Crippen LogP contribution in [-0.2, 0) is 9.53 Å². The van der Waals surface area contributed by atoms with E-state index in [-0.39, 0.29) is 11.9 Å². The normalized spacial score (nSPS) is 27.1. The molecule has 0 saturated carbocycles. The fourth-order valence-corrected chi connectivity index (χ4v) is 5.13. The van der Waals surface area contributed by atoms with Crippen molar-refractivity contribution in [2.75, 3.05) is 57.4 Å². The maximum atomic E-state index is 13.2. The third-order valence-corrected chi connectivity index (χ3v) is 6.84. The SMILES string of the molecule is O=C1CCC2CN(C(=O)c3cccc(N4CC5(COC5)C4)c3Cl)CCN2C1. The van der Waals surface area contributed by atoms with Gasteiger partial charge in [0.25, 0.3) is 5.91 Å². The largest absolute Gasteiger partial charge is 0.380 e.